The van der Waals surface area contributed by atoms with E-state index in [4.69, 9.17) is 16.3 Å². The van der Waals surface area contributed by atoms with Crippen LogP contribution in [0, 0.1) is 0 Å². The lowest BCUT2D eigenvalue weighted by Gasteiger charge is -2.25. The predicted octanol–water partition coefficient (Wildman–Crippen LogP) is 3.77. The minimum Gasteiger partial charge on any atom is -0.465 e. The van der Waals surface area contributed by atoms with E-state index >= 15 is 0 Å². The Balaban J connectivity index is 1.67. The smallest absolute Gasteiger partial charge is 0.337 e. The largest absolute Gasteiger partial charge is 0.465 e. The number of halogens is 1. The molecule has 2 aromatic carbocycles. The fraction of sp³-hybridized carbons (Fsp3) is 0.263. The molecule has 0 unspecified atom stereocenters. The van der Waals surface area contributed by atoms with Crippen LogP contribution in [0.5, 0.6) is 0 Å². The van der Waals surface area contributed by atoms with Gasteiger partial charge in [0.25, 0.3) is 5.91 Å². The van der Waals surface area contributed by atoms with Crippen LogP contribution in [0.4, 0.5) is 0 Å². The van der Waals surface area contributed by atoms with E-state index in [0.29, 0.717) is 22.7 Å². The van der Waals surface area contributed by atoms with Gasteiger partial charge in [0.05, 0.1) is 29.3 Å². The normalized spacial score (nSPS) is 18.5. The maximum Gasteiger partial charge on any atom is 0.337 e. The van der Waals surface area contributed by atoms with Crippen LogP contribution in [0.15, 0.2) is 36.4 Å². The topological polar surface area (TPSA) is 46.6 Å². The Morgan fingerprint density at radius 2 is 2.08 bits per heavy atom. The van der Waals surface area contributed by atoms with Crippen molar-refractivity contribution in [3.63, 3.8) is 0 Å². The van der Waals surface area contributed by atoms with E-state index in [0.717, 1.165) is 29.5 Å². The highest BCUT2D eigenvalue weighted by Crippen LogP contribution is 2.41. The SMILES string of the molecule is COC(=O)c1ccc2c(c1)CC[C@@H]2N1Cc2cccc(Cl)c2C1=O. The highest BCUT2D eigenvalue weighted by atomic mass is 35.5. The van der Waals surface area contributed by atoms with Gasteiger partial charge in [-0.15, -0.1) is 0 Å². The third-order valence-corrected chi connectivity index (χ3v) is 5.22. The number of hydrogen-bond acceptors (Lipinski definition) is 3. The molecule has 1 amide bonds. The first-order valence-corrected chi connectivity index (χ1v) is 8.27. The number of methoxy groups -OCH3 is 1. The summed E-state index contributed by atoms with van der Waals surface area (Å²) in [6.45, 7) is 0.581. The zero-order valence-electron chi connectivity index (χ0n) is 13.2. The number of nitrogens with zero attached hydrogens (tertiary/aromatic N) is 1. The van der Waals surface area contributed by atoms with Crippen molar-refractivity contribution in [3.8, 4) is 0 Å². The lowest BCUT2D eigenvalue weighted by molar-refractivity contribution is 0.0599. The summed E-state index contributed by atoms with van der Waals surface area (Å²) < 4.78 is 4.78. The zero-order chi connectivity index (χ0) is 16.8. The van der Waals surface area contributed by atoms with Crippen LogP contribution in [-0.2, 0) is 17.7 Å². The summed E-state index contributed by atoms with van der Waals surface area (Å²) in [6.07, 6.45) is 1.70. The van der Waals surface area contributed by atoms with E-state index in [2.05, 4.69) is 0 Å². The van der Waals surface area contributed by atoms with E-state index in [1.54, 1.807) is 12.1 Å². The van der Waals surface area contributed by atoms with Gasteiger partial charge in [0, 0.05) is 6.54 Å². The highest BCUT2D eigenvalue weighted by Gasteiger charge is 2.37. The van der Waals surface area contributed by atoms with Crippen LogP contribution in [0.2, 0.25) is 5.02 Å². The molecule has 5 heteroatoms. The molecule has 1 aliphatic heterocycles. The molecule has 0 spiro atoms. The Bertz CT molecular complexity index is 862. The summed E-state index contributed by atoms with van der Waals surface area (Å²) in [5.41, 5.74) is 4.37. The minimum absolute atomic E-state index is 0.00880. The average molecular weight is 342 g/mol. The number of rotatable bonds is 2. The lowest BCUT2D eigenvalue weighted by Crippen LogP contribution is -2.27. The van der Waals surface area contributed by atoms with E-state index in [9.17, 15) is 9.59 Å². The Kier molecular flexibility index (Phi) is 3.57. The van der Waals surface area contributed by atoms with Crippen LogP contribution in [0.25, 0.3) is 0 Å². The predicted molar refractivity (Wildman–Crippen MR) is 90.2 cm³/mol. The summed E-state index contributed by atoms with van der Waals surface area (Å²) in [5, 5.41) is 0.513. The molecular formula is C19H16ClNO3. The monoisotopic (exact) mass is 341 g/mol. The van der Waals surface area contributed by atoms with Crippen molar-refractivity contribution in [3.05, 3.63) is 69.2 Å². The van der Waals surface area contributed by atoms with Crippen molar-refractivity contribution in [1.82, 2.24) is 4.90 Å². The molecule has 0 N–H and O–H groups in total. The Morgan fingerprint density at radius 3 is 2.83 bits per heavy atom. The van der Waals surface area contributed by atoms with Gasteiger partial charge >= 0.3 is 5.97 Å². The summed E-state index contributed by atoms with van der Waals surface area (Å²) in [6, 6.07) is 11.2. The molecule has 0 saturated carbocycles. The van der Waals surface area contributed by atoms with Gasteiger partial charge < -0.3 is 9.64 Å². The van der Waals surface area contributed by atoms with Crippen LogP contribution in [0.1, 0.15) is 49.9 Å². The average Bonchev–Trinajstić information content (AvgIpc) is 3.15. The second-order valence-electron chi connectivity index (χ2n) is 6.17. The molecule has 0 saturated heterocycles. The number of fused-ring (bicyclic) bond motifs is 2. The lowest BCUT2D eigenvalue weighted by atomic mass is 10.0. The Hall–Kier alpha value is -2.33. The first-order chi connectivity index (χ1) is 11.6. The van der Waals surface area contributed by atoms with Crippen molar-refractivity contribution < 1.29 is 14.3 Å². The van der Waals surface area contributed by atoms with Gasteiger partial charge in [-0.25, -0.2) is 4.79 Å². The van der Waals surface area contributed by atoms with Gasteiger partial charge in [-0.3, -0.25) is 4.79 Å². The summed E-state index contributed by atoms with van der Waals surface area (Å²) in [5.74, 6) is -0.344. The summed E-state index contributed by atoms with van der Waals surface area (Å²) >= 11 is 6.21. The molecule has 4 rings (SSSR count). The van der Waals surface area contributed by atoms with Gasteiger partial charge in [0.2, 0.25) is 0 Å². The fourth-order valence-corrected chi connectivity index (χ4v) is 4.03. The second kappa shape index (κ2) is 5.64. The number of carbonyl (C=O) groups is 2. The molecule has 0 bridgehead atoms. The third-order valence-electron chi connectivity index (χ3n) is 4.90. The van der Waals surface area contributed by atoms with Gasteiger partial charge in [0.1, 0.15) is 0 Å². The highest BCUT2D eigenvalue weighted by molar-refractivity contribution is 6.34. The molecule has 0 aromatic heterocycles. The quantitative estimate of drug-likeness (QED) is 0.781. The van der Waals surface area contributed by atoms with Crippen LogP contribution in [-0.4, -0.2) is 23.9 Å². The van der Waals surface area contributed by atoms with Crippen LogP contribution in [0.3, 0.4) is 0 Å². The molecular weight excluding hydrogens is 326 g/mol. The van der Waals surface area contributed by atoms with Gasteiger partial charge in [-0.05, 0) is 47.7 Å². The van der Waals surface area contributed by atoms with E-state index in [1.807, 2.05) is 29.2 Å². The third kappa shape index (κ3) is 2.21. The number of benzene rings is 2. The molecule has 24 heavy (non-hydrogen) atoms. The van der Waals surface area contributed by atoms with Crippen molar-refractivity contribution >= 4 is 23.5 Å². The number of aryl methyl sites for hydroxylation is 1. The van der Waals surface area contributed by atoms with E-state index < -0.39 is 0 Å². The number of hydrogen-bond donors (Lipinski definition) is 0. The standard InChI is InChI=1S/C19H16ClNO3/c1-24-19(23)12-5-7-14-11(9-12)6-8-16(14)21-10-13-3-2-4-15(20)17(13)18(21)22/h2-5,7,9,16H,6,8,10H2,1H3/t16-/m0/s1. The number of amides is 1. The summed E-state index contributed by atoms with van der Waals surface area (Å²) in [4.78, 5) is 26.4. The summed E-state index contributed by atoms with van der Waals surface area (Å²) in [7, 11) is 1.38. The molecule has 122 valence electrons. The number of ether oxygens (including phenoxy) is 1. The van der Waals surface area contributed by atoms with E-state index in [1.165, 1.54) is 7.11 Å². The fourth-order valence-electron chi connectivity index (χ4n) is 3.75. The first kappa shape index (κ1) is 15.2. The molecule has 1 heterocycles. The molecule has 0 fully saturated rings. The maximum absolute atomic E-state index is 12.8. The molecule has 2 aromatic rings. The molecule has 1 aliphatic carbocycles. The molecule has 0 radical (unpaired) electrons. The Morgan fingerprint density at radius 1 is 1.25 bits per heavy atom. The Labute approximate surface area is 145 Å². The van der Waals surface area contributed by atoms with Gasteiger partial charge in [-0.2, -0.15) is 0 Å². The zero-order valence-corrected chi connectivity index (χ0v) is 14.0. The maximum atomic E-state index is 12.8. The molecule has 4 nitrogen and oxygen atoms in total. The van der Waals surface area contributed by atoms with Crippen molar-refractivity contribution in [2.45, 2.75) is 25.4 Å². The molecule has 1 atom stereocenters. The number of esters is 1. The van der Waals surface area contributed by atoms with Crippen LogP contribution < -0.4 is 0 Å². The van der Waals surface area contributed by atoms with Crippen molar-refractivity contribution in [2.75, 3.05) is 7.11 Å². The van der Waals surface area contributed by atoms with Gasteiger partial charge in [0.15, 0.2) is 0 Å². The first-order valence-electron chi connectivity index (χ1n) is 7.89. The van der Waals surface area contributed by atoms with E-state index in [-0.39, 0.29) is 17.9 Å². The van der Waals surface area contributed by atoms with Crippen molar-refractivity contribution in [2.24, 2.45) is 0 Å². The van der Waals surface area contributed by atoms with Gasteiger partial charge in [-0.1, -0.05) is 29.8 Å². The van der Waals surface area contributed by atoms with Crippen molar-refractivity contribution in [1.29, 1.82) is 0 Å². The van der Waals surface area contributed by atoms with Crippen LogP contribution >= 0.6 is 11.6 Å². The second-order valence-corrected chi connectivity index (χ2v) is 6.57. The minimum atomic E-state index is -0.335. The molecule has 2 aliphatic rings. The number of carbonyl (C=O) groups excluding carboxylic acids is 2.